The Balaban J connectivity index is 1.86. The third-order valence-corrected chi connectivity index (χ3v) is 3.79. The lowest BCUT2D eigenvalue weighted by Crippen LogP contribution is -2.40. The molecule has 0 heterocycles. The monoisotopic (exact) mass is 358 g/mol. The van der Waals surface area contributed by atoms with Crippen LogP contribution in [0.1, 0.15) is 11.1 Å². The Hall–Kier alpha value is -2.89. The number of carbonyl (C=O) groups excluding carboxylic acids is 2. The van der Waals surface area contributed by atoms with E-state index in [9.17, 15) is 14.0 Å². The number of halogens is 1. The van der Waals surface area contributed by atoms with Crippen LogP contribution in [-0.4, -0.2) is 31.8 Å². The molecule has 2 aromatic carbocycles. The largest absolute Gasteiger partial charge is 0.445 e. The number of alkyl halides is 1. The highest BCUT2D eigenvalue weighted by Gasteiger charge is 2.20. The average molecular weight is 358 g/mol. The Morgan fingerprint density at radius 1 is 0.923 bits per heavy atom. The molecule has 138 valence electrons. The standard InChI is InChI=1S/C20H23FN2O3/c21-11-12-22-19(24)18(13-16-7-3-1-4-8-16)14-23-20(25)26-15-17-9-5-2-6-10-17/h1-10,18H,11-15H2,(H,22,24)(H,23,25)/t18-/m0/s1. The number of nitrogens with one attached hydrogen (secondary N) is 2. The van der Waals surface area contributed by atoms with Crippen LogP contribution in [0, 0.1) is 5.92 Å². The predicted molar refractivity (Wildman–Crippen MR) is 97.3 cm³/mol. The second-order valence-electron chi connectivity index (χ2n) is 5.81. The van der Waals surface area contributed by atoms with Crippen LogP contribution in [0.5, 0.6) is 0 Å². The van der Waals surface area contributed by atoms with Gasteiger partial charge in [0.1, 0.15) is 13.3 Å². The minimum Gasteiger partial charge on any atom is -0.445 e. The Labute approximate surface area is 152 Å². The first-order valence-electron chi connectivity index (χ1n) is 8.51. The molecule has 2 rings (SSSR count). The molecule has 0 saturated carbocycles. The number of carbonyl (C=O) groups is 2. The van der Waals surface area contributed by atoms with E-state index in [1.165, 1.54) is 0 Å². The van der Waals surface area contributed by atoms with Crippen molar-refractivity contribution in [1.29, 1.82) is 0 Å². The van der Waals surface area contributed by atoms with Gasteiger partial charge in [0.2, 0.25) is 5.91 Å². The Morgan fingerprint density at radius 3 is 2.15 bits per heavy atom. The normalized spacial score (nSPS) is 11.4. The molecule has 0 fully saturated rings. The lowest BCUT2D eigenvalue weighted by atomic mass is 9.98. The molecule has 0 radical (unpaired) electrons. The summed E-state index contributed by atoms with van der Waals surface area (Å²) >= 11 is 0. The number of alkyl carbamates (subject to hydrolysis) is 1. The van der Waals surface area contributed by atoms with Gasteiger partial charge in [-0.15, -0.1) is 0 Å². The fourth-order valence-electron chi connectivity index (χ4n) is 2.45. The highest BCUT2D eigenvalue weighted by Crippen LogP contribution is 2.09. The van der Waals surface area contributed by atoms with Crippen LogP contribution in [0.25, 0.3) is 0 Å². The smallest absolute Gasteiger partial charge is 0.407 e. The Bertz CT molecular complexity index is 680. The fourth-order valence-corrected chi connectivity index (χ4v) is 2.45. The van der Waals surface area contributed by atoms with E-state index >= 15 is 0 Å². The molecule has 2 aromatic rings. The molecular formula is C20H23FN2O3. The van der Waals surface area contributed by atoms with Gasteiger partial charge < -0.3 is 15.4 Å². The number of rotatable bonds is 9. The van der Waals surface area contributed by atoms with Gasteiger partial charge in [0.25, 0.3) is 0 Å². The summed E-state index contributed by atoms with van der Waals surface area (Å²) < 4.78 is 17.5. The molecule has 0 spiro atoms. The lowest BCUT2D eigenvalue weighted by molar-refractivity contribution is -0.124. The molecule has 2 N–H and O–H groups in total. The third-order valence-electron chi connectivity index (χ3n) is 3.79. The molecule has 2 amide bonds. The molecule has 0 bridgehead atoms. The van der Waals surface area contributed by atoms with Gasteiger partial charge in [-0.1, -0.05) is 60.7 Å². The van der Waals surface area contributed by atoms with Gasteiger partial charge in [-0.05, 0) is 17.5 Å². The van der Waals surface area contributed by atoms with E-state index < -0.39 is 18.7 Å². The van der Waals surface area contributed by atoms with E-state index in [1.807, 2.05) is 60.7 Å². The Morgan fingerprint density at radius 2 is 1.54 bits per heavy atom. The molecule has 5 nitrogen and oxygen atoms in total. The first kappa shape index (κ1) is 19.4. The number of benzene rings is 2. The van der Waals surface area contributed by atoms with Crippen molar-refractivity contribution in [3.05, 3.63) is 71.8 Å². The van der Waals surface area contributed by atoms with E-state index in [2.05, 4.69) is 10.6 Å². The number of ether oxygens (including phenoxy) is 1. The molecule has 0 saturated heterocycles. The second-order valence-corrected chi connectivity index (χ2v) is 5.81. The molecule has 1 atom stereocenters. The van der Waals surface area contributed by atoms with Gasteiger partial charge in [0, 0.05) is 13.1 Å². The van der Waals surface area contributed by atoms with Crippen molar-refractivity contribution in [2.45, 2.75) is 13.0 Å². The summed E-state index contributed by atoms with van der Waals surface area (Å²) in [6.45, 7) is -0.399. The van der Waals surface area contributed by atoms with Crippen molar-refractivity contribution in [3.8, 4) is 0 Å². The molecule has 0 aromatic heterocycles. The van der Waals surface area contributed by atoms with Gasteiger partial charge in [0.05, 0.1) is 5.92 Å². The van der Waals surface area contributed by atoms with Gasteiger partial charge in [0.15, 0.2) is 0 Å². The van der Waals surface area contributed by atoms with E-state index in [-0.39, 0.29) is 25.6 Å². The molecule has 0 aliphatic heterocycles. The molecule has 0 aliphatic rings. The highest BCUT2D eigenvalue weighted by molar-refractivity contribution is 5.80. The van der Waals surface area contributed by atoms with Gasteiger partial charge >= 0.3 is 6.09 Å². The topological polar surface area (TPSA) is 67.4 Å². The van der Waals surface area contributed by atoms with E-state index in [0.29, 0.717) is 6.42 Å². The van der Waals surface area contributed by atoms with Gasteiger partial charge in [-0.25, -0.2) is 9.18 Å². The van der Waals surface area contributed by atoms with Crippen LogP contribution in [0.2, 0.25) is 0 Å². The number of hydrogen-bond acceptors (Lipinski definition) is 3. The van der Waals surface area contributed by atoms with Gasteiger partial charge in [-0.2, -0.15) is 0 Å². The zero-order chi connectivity index (χ0) is 18.6. The number of amides is 2. The van der Waals surface area contributed by atoms with Crippen molar-refractivity contribution < 1.29 is 18.7 Å². The van der Waals surface area contributed by atoms with Crippen molar-refractivity contribution in [2.24, 2.45) is 5.92 Å². The van der Waals surface area contributed by atoms with E-state index in [0.717, 1.165) is 11.1 Å². The van der Waals surface area contributed by atoms with Gasteiger partial charge in [-0.3, -0.25) is 4.79 Å². The molecule has 26 heavy (non-hydrogen) atoms. The third kappa shape index (κ3) is 6.93. The van der Waals surface area contributed by atoms with Crippen LogP contribution < -0.4 is 10.6 Å². The number of hydrogen-bond donors (Lipinski definition) is 2. The van der Waals surface area contributed by atoms with Crippen LogP contribution in [0.15, 0.2) is 60.7 Å². The summed E-state index contributed by atoms with van der Waals surface area (Å²) in [5.74, 6) is -0.803. The summed E-state index contributed by atoms with van der Waals surface area (Å²) in [7, 11) is 0. The second kappa shape index (κ2) is 10.9. The predicted octanol–water partition coefficient (Wildman–Crippen LogP) is 2.86. The average Bonchev–Trinajstić information content (AvgIpc) is 2.69. The lowest BCUT2D eigenvalue weighted by Gasteiger charge is -2.17. The van der Waals surface area contributed by atoms with E-state index in [1.54, 1.807) is 0 Å². The van der Waals surface area contributed by atoms with Crippen LogP contribution in [-0.2, 0) is 22.6 Å². The molecule has 0 aliphatic carbocycles. The first-order chi connectivity index (χ1) is 12.7. The van der Waals surface area contributed by atoms with Crippen molar-refractivity contribution in [3.63, 3.8) is 0 Å². The Kier molecular flexibility index (Phi) is 8.12. The zero-order valence-electron chi connectivity index (χ0n) is 14.5. The summed E-state index contributed by atoms with van der Waals surface area (Å²) in [4.78, 5) is 24.1. The molecule has 6 heteroatoms. The van der Waals surface area contributed by atoms with Crippen molar-refractivity contribution in [2.75, 3.05) is 19.8 Å². The molecule has 0 unspecified atom stereocenters. The minimum atomic E-state index is -0.629. The summed E-state index contributed by atoms with van der Waals surface area (Å²) in [5, 5.41) is 5.14. The maximum atomic E-state index is 12.3. The summed E-state index contributed by atoms with van der Waals surface area (Å²) in [5.41, 5.74) is 1.84. The van der Waals surface area contributed by atoms with Crippen molar-refractivity contribution >= 4 is 12.0 Å². The maximum Gasteiger partial charge on any atom is 0.407 e. The summed E-state index contributed by atoms with van der Waals surface area (Å²) in [6, 6.07) is 18.8. The fraction of sp³-hybridized carbons (Fsp3) is 0.300. The van der Waals surface area contributed by atoms with Crippen molar-refractivity contribution in [1.82, 2.24) is 10.6 Å². The zero-order valence-corrected chi connectivity index (χ0v) is 14.5. The SMILES string of the molecule is O=C(NC[C@H](Cc1ccccc1)C(=O)NCCF)OCc1ccccc1. The summed E-state index contributed by atoms with van der Waals surface area (Å²) in [6.07, 6.45) is -0.150. The quantitative estimate of drug-likeness (QED) is 0.724. The minimum absolute atomic E-state index is 0.0391. The maximum absolute atomic E-state index is 12.3. The highest BCUT2D eigenvalue weighted by atomic mass is 19.1. The van der Waals surface area contributed by atoms with Crippen LogP contribution >= 0.6 is 0 Å². The first-order valence-corrected chi connectivity index (χ1v) is 8.51. The van der Waals surface area contributed by atoms with E-state index in [4.69, 9.17) is 4.74 Å². The molecular weight excluding hydrogens is 335 g/mol. The van der Waals surface area contributed by atoms with Crippen LogP contribution in [0.3, 0.4) is 0 Å². The van der Waals surface area contributed by atoms with Crippen LogP contribution in [0.4, 0.5) is 9.18 Å².